The Bertz CT molecular complexity index is 1310. The lowest BCUT2D eigenvalue weighted by molar-refractivity contribution is 0.0776. The van der Waals surface area contributed by atoms with Crippen LogP contribution in [0.1, 0.15) is 45.3 Å². The molecule has 1 amide bonds. The minimum Gasteiger partial charge on any atom is -0.390 e. The smallest absolute Gasteiger partial charge is 0.270 e. The van der Waals surface area contributed by atoms with Crippen LogP contribution in [0.15, 0.2) is 52.7 Å². The second-order valence-corrected chi connectivity index (χ2v) is 12.7. The number of amides is 1. The molecule has 0 aliphatic heterocycles. The Labute approximate surface area is 216 Å². The first-order valence-corrected chi connectivity index (χ1v) is 14.3. The van der Waals surface area contributed by atoms with Gasteiger partial charge >= 0.3 is 0 Å². The van der Waals surface area contributed by atoms with E-state index in [9.17, 15) is 18.3 Å². The van der Waals surface area contributed by atoms with E-state index in [1.54, 1.807) is 39.0 Å². The van der Waals surface area contributed by atoms with Crippen LogP contribution in [0.3, 0.4) is 0 Å². The summed E-state index contributed by atoms with van der Waals surface area (Å²) in [5.74, 6) is -0.135. The summed E-state index contributed by atoms with van der Waals surface area (Å²) in [6.07, 6.45) is 1.13. The van der Waals surface area contributed by atoms with Crippen molar-refractivity contribution in [2.75, 3.05) is 13.1 Å². The van der Waals surface area contributed by atoms with Gasteiger partial charge in [-0.2, -0.15) is 4.31 Å². The van der Waals surface area contributed by atoms with Crippen LogP contribution in [-0.4, -0.2) is 58.9 Å². The molecule has 3 aromatic rings. The summed E-state index contributed by atoms with van der Waals surface area (Å²) in [5.41, 5.74) is 2.34. The van der Waals surface area contributed by atoms with Crippen molar-refractivity contribution >= 4 is 27.3 Å². The molecule has 2 heterocycles. The van der Waals surface area contributed by atoms with Gasteiger partial charge in [-0.25, -0.2) is 18.4 Å². The number of hydrogen-bond donors (Lipinski definition) is 2. The van der Waals surface area contributed by atoms with E-state index in [-0.39, 0.29) is 22.4 Å². The molecule has 0 saturated heterocycles. The molecule has 10 heteroatoms. The number of aromatic nitrogens is 2. The van der Waals surface area contributed by atoms with Crippen molar-refractivity contribution in [2.24, 2.45) is 5.92 Å². The lowest BCUT2D eigenvalue weighted by Crippen LogP contribution is -2.51. The number of aryl methyl sites for hydroxylation is 3. The zero-order valence-corrected chi connectivity index (χ0v) is 22.3. The molecule has 4 rings (SSSR count). The van der Waals surface area contributed by atoms with Crippen molar-refractivity contribution in [1.82, 2.24) is 19.6 Å². The van der Waals surface area contributed by atoms with Gasteiger partial charge in [-0.05, 0) is 63.6 Å². The number of sulfonamides is 1. The number of aliphatic hydroxyl groups is 1. The summed E-state index contributed by atoms with van der Waals surface area (Å²) in [6, 6.07) is 14.0. The second kappa shape index (κ2) is 11.2. The zero-order chi connectivity index (χ0) is 25.9. The van der Waals surface area contributed by atoms with Crippen LogP contribution in [-0.2, 0) is 16.4 Å². The molecule has 36 heavy (non-hydrogen) atoms. The molecule has 2 aromatic heterocycles. The average molecular weight is 529 g/mol. The summed E-state index contributed by atoms with van der Waals surface area (Å²) in [7, 11) is -3.85. The maximum absolute atomic E-state index is 13.6. The first kappa shape index (κ1) is 26.4. The fourth-order valence-electron chi connectivity index (χ4n) is 4.13. The molecule has 0 spiro atoms. The standard InChI is InChI=1S/C26H32N4O4S2/c1-17-8-7-11-22(27-17)25(32)29-23(14-20-9-5-4-6-10-20)24(31)16-30(15-21-12-13-21)36(33,34)26-18(2)28-19(3)35-26/h4-11,21,23-24,31H,12-16H2,1-3H3,(H,29,32)/t23-,24+/m0/s1. The van der Waals surface area contributed by atoms with E-state index in [1.165, 1.54) is 4.31 Å². The molecule has 1 aliphatic rings. The zero-order valence-electron chi connectivity index (χ0n) is 20.7. The third-order valence-corrected chi connectivity index (χ3v) is 9.68. The maximum atomic E-state index is 13.6. The van der Waals surface area contributed by atoms with Crippen molar-refractivity contribution in [2.45, 2.75) is 56.4 Å². The van der Waals surface area contributed by atoms with Crippen LogP contribution >= 0.6 is 11.3 Å². The number of pyridine rings is 1. The highest BCUT2D eigenvalue weighted by molar-refractivity contribution is 7.91. The summed E-state index contributed by atoms with van der Waals surface area (Å²) < 4.78 is 28.8. The first-order valence-electron chi connectivity index (χ1n) is 12.0. The van der Waals surface area contributed by atoms with Crippen molar-refractivity contribution in [1.29, 1.82) is 0 Å². The van der Waals surface area contributed by atoms with Gasteiger partial charge in [0.1, 0.15) is 5.69 Å². The summed E-state index contributed by atoms with van der Waals surface area (Å²) in [4.78, 5) is 21.6. The minimum atomic E-state index is -3.85. The van der Waals surface area contributed by atoms with E-state index in [2.05, 4.69) is 15.3 Å². The molecule has 1 fully saturated rings. The fraction of sp³-hybridized carbons (Fsp3) is 0.423. The number of aliphatic hydroxyl groups excluding tert-OH is 1. The molecular formula is C26H32N4O4S2. The monoisotopic (exact) mass is 528 g/mol. The summed E-state index contributed by atoms with van der Waals surface area (Å²) in [5, 5.41) is 14.9. The third kappa shape index (κ3) is 6.56. The normalized spacial score (nSPS) is 15.6. The molecule has 0 radical (unpaired) electrons. The number of nitrogens with one attached hydrogen (secondary N) is 1. The summed E-state index contributed by atoms with van der Waals surface area (Å²) in [6.45, 7) is 5.48. The summed E-state index contributed by atoms with van der Waals surface area (Å²) >= 11 is 1.14. The van der Waals surface area contributed by atoms with Crippen LogP contribution in [0.5, 0.6) is 0 Å². The Morgan fingerprint density at radius 2 is 1.83 bits per heavy atom. The van der Waals surface area contributed by atoms with Gasteiger partial charge in [0.2, 0.25) is 0 Å². The van der Waals surface area contributed by atoms with E-state index < -0.39 is 28.1 Å². The van der Waals surface area contributed by atoms with Crippen LogP contribution < -0.4 is 5.32 Å². The highest BCUT2D eigenvalue weighted by Gasteiger charge is 2.37. The molecule has 2 N–H and O–H groups in total. The molecule has 2 atom stereocenters. The number of benzene rings is 1. The Kier molecular flexibility index (Phi) is 8.19. The first-order chi connectivity index (χ1) is 17.1. The van der Waals surface area contributed by atoms with Gasteiger partial charge < -0.3 is 10.4 Å². The predicted molar refractivity (Wildman–Crippen MR) is 139 cm³/mol. The van der Waals surface area contributed by atoms with E-state index in [1.807, 2.05) is 30.3 Å². The number of nitrogens with zero attached hydrogens (tertiary/aromatic N) is 3. The fourth-order valence-corrected chi connectivity index (χ4v) is 7.28. The van der Waals surface area contributed by atoms with Crippen molar-refractivity contribution in [3.05, 3.63) is 76.2 Å². The molecule has 1 saturated carbocycles. The largest absolute Gasteiger partial charge is 0.390 e. The van der Waals surface area contributed by atoms with Crippen LogP contribution in [0.4, 0.5) is 0 Å². The number of hydrogen-bond acceptors (Lipinski definition) is 7. The Hall–Kier alpha value is -2.66. The van der Waals surface area contributed by atoms with Crippen LogP contribution in [0, 0.1) is 26.7 Å². The van der Waals surface area contributed by atoms with Crippen LogP contribution in [0.2, 0.25) is 0 Å². The number of carbonyl (C=O) groups is 1. The number of thiazole rings is 1. The Morgan fingerprint density at radius 3 is 2.44 bits per heavy atom. The quantitative estimate of drug-likeness (QED) is 0.395. The molecule has 1 aliphatic carbocycles. The Balaban J connectivity index is 1.59. The van der Waals surface area contributed by atoms with Crippen molar-refractivity contribution < 1.29 is 18.3 Å². The lowest BCUT2D eigenvalue weighted by Gasteiger charge is -2.29. The molecular weight excluding hydrogens is 496 g/mol. The van der Waals surface area contributed by atoms with Crippen molar-refractivity contribution in [3.63, 3.8) is 0 Å². The van der Waals surface area contributed by atoms with E-state index in [0.717, 1.165) is 29.7 Å². The van der Waals surface area contributed by atoms with Gasteiger partial charge in [0.05, 0.1) is 22.8 Å². The SMILES string of the molecule is Cc1cccc(C(=O)N[C@@H](Cc2ccccc2)[C@H](O)CN(CC2CC2)S(=O)(=O)c2sc(C)nc2C)n1. The molecule has 8 nitrogen and oxygen atoms in total. The Morgan fingerprint density at radius 1 is 1.11 bits per heavy atom. The van der Waals surface area contributed by atoms with Crippen LogP contribution in [0.25, 0.3) is 0 Å². The van der Waals surface area contributed by atoms with Gasteiger partial charge in [-0.15, -0.1) is 11.3 Å². The third-order valence-electron chi connectivity index (χ3n) is 6.18. The number of carbonyl (C=O) groups excluding carboxylic acids is 1. The maximum Gasteiger partial charge on any atom is 0.270 e. The molecule has 1 aromatic carbocycles. The van der Waals surface area contributed by atoms with E-state index >= 15 is 0 Å². The average Bonchev–Trinajstić information content (AvgIpc) is 3.59. The topological polar surface area (TPSA) is 112 Å². The van der Waals surface area contributed by atoms with Gasteiger partial charge in [-0.3, -0.25) is 4.79 Å². The van der Waals surface area contributed by atoms with Gasteiger partial charge in [0.25, 0.3) is 15.9 Å². The van der Waals surface area contributed by atoms with E-state index in [4.69, 9.17) is 0 Å². The second-order valence-electron chi connectivity index (χ2n) is 9.37. The van der Waals surface area contributed by atoms with Gasteiger partial charge in [0, 0.05) is 18.8 Å². The molecule has 192 valence electrons. The lowest BCUT2D eigenvalue weighted by atomic mass is 10.0. The highest BCUT2D eigenvalue weighted by atomic mass is 32.2. The predicted octanol–water partition coefficient (Wildman–Crippen LogP) is 3.27. The van der Waals surface area contributed by atoms with Crippen molar-refractivity contribution in [3.8, 4) is 0 Å². The molecule has 0 bridgehead atoms. The van der Waals surface area contributed by atoms with E-state index in [0.29, 0.717) is 29.4 Å². The van der Waals surface area contributed by atoms with Gasteiger partial charge in [-0.1, -0.05) is 36.4 Å². The number of rotatable bonds is 11. The minimum absolute atomic E-state index is 0.131. The van der Waals surface area contributed by atoms with Gasteiger partial charge in [0.15, 0.2) is 4.21 Å². The highest BCUT2D eigenvalue weighted by Crippen LogP contribution is 2.33. The molecule has 0 unspecified atom stereocenters.